The highest BCUT2D eigenvalue weighted by Crippen LogP contribution is 2.32. The minimum atomic E-state index is -0.747. The summed E-state index contributed by atoms with van der Waals surface area (Å²) in [5.74, 6) is 0.537. The number of benzene rings is 1. The van der Waals surface area contributed by atoms with Crippen molar-refractivity contribution in [2.75, 3.05) is 26.4 Å². The Hall–Kier alpha value is -2.62. The summed E-state index contributed by atoms with van der Waals surface area (Å²) in [5, 5.41) is 15.3. The number of aryl methyl sites for hydroxylation is 2. The van der Waals surface area contributed by atoms with Gasteiger partial charge in [0.25, 0.3) is 0 Å². The van der Waals surface area contributed by atoms with Gasteiger partial charge in [0.15, 0.2) is 0 Å². The van der Waals surface area contributed by atoms with E-state index in [1.165, 1.54) is 11.1 Å². The summed E-state index contributed by atoms with van der Waals surface area (Å²) < 4.78 is 29.9. The first-order chi connectivity index (χ1) is 17.4. The second-order valence-electron chi connectivity index (χ2n) is 9.57. The summed E-state index contributed by atoms with van der Waals surface area (Å²) in [6.07, 6.45) is 1.57. The molecule has 198 valence electrons. The van der Waals surface area contributed by atoms with E-state index >= 15 is 0 Å². The largest absolute Gasteiger partial charge is 0.508 e. The number of aliphatic hydroxyl groups is 1. The van der Waals surface area contributed by atoms with Gasteiger partial charge in [0.1, 0.15) is 6.61 Å². The van der Waals surface area contributed by atoms with Crippen molar-refractivity contribution in [3.8, 4) is 5.88 Å². The van der Waals surface area contributed by atoms with Crippen molar-refractivity contribution < 1.29 is 33.6 Å². The number of aliphatic hydroxyl groups excluding tert-OH is 1. The minimum Gasteiger partial charge on any atom is -0.446 e. The summed E-state index contributed by atoms with van der Waals surface area (Å²) in [7, 11) is 0. The number of ether oxygens (including phenoxy) is 5. The number of aromatic nitrogens is 2. The Bertz CT molecular complexity index is 985. The molecule has 2 aliphatic rings. The molecule has 4 rings (SSSR count). The van der Waals surface area contributed by atoms with Crippen molar-refractivity contribution in [2.45, 2.75) is 83.8 Å². The van der Waals surface area contributed by atoms with Crippen molar-refractivity contribution >= 4 is 6.16 Å². The molecule has 9 nitrogen and oxygen atoms in total. The van der Waals surface area contributed by atoms with Crippen LogP contribution in [0.15, 0.2) is 24.3 Å². The molecule has 0 amide bonds. The van der Waals surface area contributed by atoms with Gasteiger partial charge in [0, 0.05) is 37.3 Å². The van der Waals surface area contributed by atoms with E-state index in [9.17, 15) is 9.90 Å². The van der Waals surface area contributed by atoms with E-state index in [-0.39, 0.29) is 19.3 Å². The molecule has 3 atom stereocenters. The average Bonchev–Trinajstić information content (AvgIpc) is 3.17. The molecule has 2 aromatic rings. The molecule has 3 unspecified atom stereocenters. The van der Waals surface area contributed by atoms with E-state index in [1.807, 2.05) is 0 Å². The zero-order chi connectivity index (χ0) is 25.5. The summed E-state index contributed by atoms with van der Waals surface area (Å²) in [6, 6.07) is 8.82. The van der Waals surface area contributed by atoms with Gasteiger partial charge in [-0.15, -0.1) is 5.10 Å². The van der Waals surface area contributed by atoms with Gasteiger partial charge in [-0.05, 0) is 52.0 Å². The molecular weight excluding hydrogens is 464 g/mol. The van der Waals surface area contributed by atoms with Crippen molar-refractivity contribution in [1.29, 1.82) is 0 Å². The van der Waals surface area contributed by atoms with Gasteiger partial charge in [-0.3, -0.25) is 4.68 Å². The van der Waals surface area contributed by atoms with Crippen molar-refractivity contribution in [1.82, 2.24) is 9.78 Å². The fraction of sp³-hybridized carbons (Fsp3) is 0.630. The van der Waals surface area contributed by atoms with Crippen LogP contribution >= 0.6 is 0 Å². The molecule has 0 aliphatic carbocycles. The number of hydrogen-bond acceptors (Lipinski definition) is 8. The molecule has 0 saturated carbocycles. The van der Waals surface area contributed by atoms with Crippen LogP contribution in [-0.4, -0.2) is 66.0 Å². The minimum absolute atomic E-state index is 0.00836. The third-order valence-electron chi connectivity index (χ3n) is 6.79. The van der Waals surface area contributed by atoms with Crippen LogP contribution in [0.2, 0.25) is 0 Å². The van der Waals surface area contributed by atoms with E-state index in [2.05, 4.69) is 42.8 Å². The number of rotatable bonds is 9. The molecule has 1 aromatic carbocycles. The fourth-order valence-corrected chi connectivity index (χ4v) is 4.79. The Labute approximate surface area is 212 Å². The first-order valence-electron chi connectivity index (χ1n) is 12.9. The van der Waals surface area contributed by atoms with Crippen molar-refractivity contribution in [3.63, 3.8) is 0 Å². The second-order valence-corrected chi connectivity index (χ2v) is 9.57. The highest BCUT2D eigenvalue weighted by molar-refractivity contribution is 5.59. The molecule has 2 aliphatic heterocycles. The average molecular weight is 503 g/mol. The maximum Gasteiger partial charge on any atom is 0.508 e. The van der Waals surface area contributed by atoms with Crippen LogP contribution in [0.5, 0.6) is 5.88 Å². The highest BCUT2D eigenvalue weighted by atomic mass is 16.7. The molecule has 2 saturated heterocycles. The smallest absolute Gasteiger partial charge is 0.446 e. The Kier molecular flexibility index (Phi) is 9.23. The zero-order valence-corrected chi connectivity index (χ0v) is 21.5. The van der Waals surface area contributed by atoms with Gasteiger partial charge in [-0.1, -0.05) is 29.8 Å². The lowest BCUT2D eigenvalue weighted by Crippen LogP contribution is -2.41. The summed E-state index contributed by atoms with van der Waals surface area (Å²) in [6.45, 7) is 7.56. The molecule has 1 aromatic heterocycles. The lowest BCUT2D eigenvalue weighted by atomic mass is 10.0. The van der Waals surface area contributed by atoms with Gasteiger partial charge in [0.05, 0.1) is 24.9 Å². The van der Waals surface area contributed by atoms with Crippen molar-refractivity contribution in [3.05, 3.63) is 46.6 Å². The van der Waals surface area contributed by atoms with Crippen LogP contribution in [0.25, 0.3) is 0 Å². The molecule has 0 bridgehead atoms. The SMILES string of the molecule is CCOC(=O)OCC1CC(O)CC(Oc2nn(C3CCOCC3)c(C)c2CCc2ccc(C)cc2)O1. The number of hydrogen-bond donors (Lipinski definition) is 1. The quantitative estimate of drug-likeness (QED) is 0.513. The standard InChI is InChI=1S/C27H38N2O7/c1-4-33-27(31)34-17-23-15-22(30)16-25(35-23)36-26-24(10-9-20-7-5-18(2)6-8-20)19(3)29(28-26)21-11-13-32-14-12-21/h5-8,21-23,25,30H,4,9-17H2,1-3H3. The summed E-state index contributed by atoms with van der Waals surface area (Å²) in [5.41, 5.74) is 4.62. The van der Waals surface area contributed by atoms with Gasteiger partial charge < -0.3 is 28.8 Å². The monoisotopic (exact) mass is 502 g/mol. The number of nitrogens with zero attached hydrogens (tertiary/aromatic N) is 2. The molecule has 2 fully saturated rings. The molecule has 1 N–H and O–H groups in total. The third kappa shape index (κ3) is 6.99. The maximum absolute atomic E-state index is 11.6. The predicted molar refractivity (Wildman–Crippen MR) is 132 cm³/mol. The Balaban J connectivity index is 1.49. The zero-order valence-electron chi connectivity index (χ0n) is 21.5. The van der Waals surface area contributed by atoms with Gasteiger partial charge in [0.2, 0.25) is 12.2 Å². The highest BCUT2D eigenvalue weighted by Gasteiger charge is 2.33. The van der Waals surface area contributed by atoms with Gasteiger partial charge in [-0.2, -0.15) is 0 Å². The van der Waals surface area contributed by atoms with Gasteiger partial charge >= 0.3 is 6.16 Å². The fourth-order valence-electron chi connectivity index (χ4n) is 4.79. The molecule has 9 heteroatoms. The van der Waals surface area contributed by atoms with Crippen LogP contribution in [0.3, 0.4) is 0 Å². The number of carbonyl (C=O) groups is 1. The third-order valence-corrected chi connectivity index (χ3v) is 6.79. The van der Waals surface area contributed by atoms with E-state index in [0.29, 0.717) is 18.7 Å². The topological polar surface area (TPSA) is 101 Å². The maximum atomic E-state index is 11.6. The summed E-state index contributed by atoms with van der Waals surface area (Å²) in [4.78, 5) is 11.6. The predicted octanol–water partition coefficient (Wildman–Crippen LogP) is 4.05. The van der Waals surface area contributed by atoms with E-state index in [4.69, 9.17) is 28.8 Å². The molecule has 0 radical (unpaired) electrons. The lowest BCUT2D eigenvalue weighted by Gasteiger charge is -2.32. The molecule has 0 spiro atoms. The second kappa shape index (κ2) is 12.6. The Morgan fingerprint density at radius 2 is 1.86 bits per heavy atom. The molecule has 3 heterocycles. The van der Waals surface area contributed by atoms with Crippen LogP contribution in [0.4, 0.5) is 4.79 Å². The van der Waals surface area contributed by atoms with E-state index < -0.39 is 24.7 Å². The number of carbonyl (C=O) groups excluding carboxylic acids is 1. The van der Waals surface area contributed by atoms with Crippen LogP contribution in [-0.2, 0) is 31.8 Å². The normalized spacial score (nSPS) is 22.8. The van der Waals surface area contributed by atoms with Crippen LogP contribution < -0.4 is 4.74 Å². The van der Waals surface area contributed by atoms with Crippen molar-refractivity contribution in [2.24, 2.45) is 0 Å². The Morgan fingerprint density at radius 3 is 2.58 bits per heavy atom. The lowest BCUT2D eigenvalue weighted by molar-refractivity contribution is -0.187. The van der Waals surface area contributed by atoms with Crippen LogP contribution in [0.1, 0.15) is 61.0 Å². The van der Waals surface area contributed by atoms with Crippen LogP contribution in [0, 0.1) is 13.8 Å². The molecule has 36 heavy (non-hydrogen) atoms. The van der Waals surface area contributed by atoms with Gasteiger partial charge in [-0.25, -0.2) is 4.79 Å². The first-order valence-corrected chi connectivity index (χ1v) is 12.9. The molecular formula is C27H38N2O7. The summed E-state index contributed by atoms with van der Waals surface area (Å²) >= 11 is 0. The Morgan fingerprint density at radius 1 is 1.11 bits per heavy atom. The van der Waals surface area contributed by atoms with E-state index in [0.717, 1.165) is 50.2 Å². The first kappa shape index (κ1) is 26.4. The van der Waals surface area contributed by atoms with E-state index in [1.54, 1.807) is 6.92 Å².